The lowest BCUT2D eigenvalue weighted by atomic mass is 9.88. The van der Waals surface area contributed by atoms with Crippen LogP contribution < -0.4 is 5.32 Å². The van der Waals surface area contributed by atoms with E-state index in [4.69, 9.17) is 17.0 Å². The Kier molecular flexibility index (Phi) is 5.65. The van der Waals surface area contributed by atoms with Crippen molar-refractivity contribution in [1.82, 2.24) is 14.8 Å². The van der Waals surface area contributed by atoms with E-state index in [1.54, 1.807) is 0 Å². The first-order valence-electron chi connectivity index (χ1n) is 8.70. The third-order valence-electron chi connectivity index (χ3n) is 4.69. The second-order valence-electron chi connectivity index (χ2n) is 6.62. The van der Waals surface area contributed by atoms with Gasteiger partial charge in [0.15, 0.2) is 4.77 Å². The van der Waals surface area contributed by atoms with Crippen molar-refractivity contribution < 1.29 is 9.53 Å². The highest BCUT2D eigenvalue weighted by Crippen LogP contribution is 2.26. The normalized spacial score (nSPS) is 20.4. The van der Waals surface area contributed by atoms with Crippen molar-refractivity contribution in [3.05, 3.63) is 34.9 Å². The predicted molar refractivity (Wildman–Crippen MR) is 99.5 cm³/mol. The molecule has 1 amide bonds. The molecule has 1 aromatic carbocycles. The van der Waals surface area contributed by atoms with Crippen LogP contribution in [0.2, 0.25) is 0 Å². The van der Waals surface area contributed by atoms with Gasteiger partial charge in [-0.2, -0.15) is 5.10 Å². The summed E-state index contributed by atoms with van der Waals surface area (Å²) >= 11 is 5.25. The van der Waals surface area contributed by atoms with Crippen molar-refractivity contribution in [1.29, 1.82) is 0 Å². The number of carbonyl (C=O) groups excluding carboxylic acids is 1. The van der Waals surface area contributed by atoms with Gasteiger partial charge >= 0.3 is 0 Å². The molecule has 2 atom stereocenters. The van der Waals surface area contributed by atoms with Crippen LogP contribution >= 0.6 is 12.2 Å². The number of hydrogen-bond donors (Lipinski definition) is 2. The molecule has 0 spiro atoms. The maximum atomic E-state index is 12.2. The van der Waals surface area contributed by atoms with E-state index in [1.165, 1.54) is 19.3 Å². The van der Waals surface area contributed by atoms with Gasteiger partial charge in [0.1, 0.15) is 12.4 Å². The fourth-order valence-electron chi connectivity index (χ4n) is 3.31. The maximum Gasteiger partial charge on any atom is 0.250 e. The minimum Gasteiger partial charge on any atom is -0.368 e. The van der Waals surface area contributed by atoms with Gasteiger partial charge in [0, 0.05) is 5.69 Å². The number of aryl methyl sites for hydroxylation is 1. The van der Waals surface area contributed by atoms with E-state index >= 15 is 0 Å². The molecule has 1 aliphatic rings. The van der Waals surface area contributed by atoms with Crippen LogP contribution in [0.15, 0.2) is 24.3 Å². The highest BCUT2D eigenvalue weighted by atomic mass is 32.1. The van der Waals surface area contributed by atoms with E-state index in [9.17, 15) is 4.79 Å². The smallest absolute Gasteiger partial charge is 0.250 e. The van der Waals surface area contributed by atoms with E-state index in [0.29, 0.717) is 16.4 Å². The molecular formula is C18H24N4O2S. The Balaban J connectivity index is 1.62. The van der Waals surface area contributed by atoms with Crippen LogP contribution in [-0.2, 0) is 9.53 Å². The van der Waals surface area contributed by atoms with Crippen LogP contribution in [0, 0.1) is 17.6 Å². The molecule has 134 valence electrons. The van der Waals surface area contributed by atoms with Gasteiger partial charge in [0.05, 0.1) is 11.8 Å². The van der Waals surface area contributed by atoms with Crippen molar-refractivity contribution in [2.45, 2.75) is 45.6 Å². The van der Waals surface area contributed by atoms with Gasteiger partial charge in [0.2, 0.25) is 5.91 Å². The number of carbonyl (C=O) groups is 1. The maximum absolute atomic E-state index is 12.2. The van der Waals surface area contributed by atoms with E-state index in [1.807, 2.05) is 35.8 Å². The number of anilines is 1. The number of amides is 1. The average Bonchev–Trinajstić information content (AvgIpc) is 2.93. The molecule has 7 heteroatoms. The molecular weight excluding hydrogens is 336 g/mol. The molecule has 1 aromatic heterocycles. The van der Waals surface area contributed by atoms with Crippen molar-refractivity contribution in [2.24, 2.45) is 5.92 Å². The Morgan fingerprint density at radius 3 is 2.96 bits per heavy atom. The number of hydrogen-bond acceptors (Lipinski definition) is 4. The van der Waals surface area contributed by atoms with Crippen LogP contribution in [0.1, 0.15) is 38.4 Å². The first-order chi connectivity index (χ1) is 12.0. The summed E-state index contributed by atoms with van der Waals surface area (Å²) in [5.41, 5.74) is 1.57. The fourth-order valence-corrected chi connectivity index (χ4v) is 3.60. The Morgan fingerprint density at radius 1 is 1.44 bits per heavy atom. The van der Waals surface area contributed by atoms with Gasteiger partial charge in [0.25, 0.3) is 0 Å². The summed E-state index contributed by atoms with van der Waals surface area (Å²) < 4.78 is 8.17. The summed E-state index contributed by atoms with van der Waals surface area (Å²) in [6.45, 7) is 4.15. The van der Waals surface area contributed by atoms with Gasteiger partial charge in [-0.15, -0.1) is 0 Å². The van der Waals surface area contributed by atoms with Crippen molar-refractivity contribution >= 4 is 23.8 Å². The molecule has 1 saturated carbocycles. The molecule has 3 rings (SSSR count). The Hall–Kier alpha value is -1.99. The molecule has 1 heterocycles. The minimum absolute atomic E-state index is 0.0867. The van der Waals surface area contributed by atoms with Crippen LogP contribution in [0.5, 0.6) is 0 Å². The molecule has 0 saturated heterocycles. The van der Waals surface area contributed by atoms with E-state index in [-0.39, 0.29) is 18.6 Å². The zero-order chi connectivity index (χ0) is 17.8. The quantitative estimate of drug-likeness (QED) is 0.796. The lowest BCUT2D eigenvalue weighted by molar-refractivity contribution is -0.124. The number of nitrogens with one attached hydrogen (secondary N) is 2. The molecule has 0 radical (unpaired) electrons. The number of aromatic nitrogens is 3. The lowest BCUT2D eigenvalue weighted by Crippen LogP contribution is -2.29. The highest BCUT2D eigenvalue weighted by Gasteiger charge is 2.22. The predicted octanol–water partition coefficient (Wildman–Crippen LogP) is 3.77. The zero-order valence-corrected chi connectivity index (χ0v) is 15.4. The minimum atomic E-state index is -0.137. The zero-order valence-electron chi connectivity index (χ0n) is 14.6. The average molecular weight is 360 g/mol. The molecule has 25 heavy (non-hydrogen) atoms. The van der Waals surface area contributed by atoms with Crippen molar-refractivity contribution in [3.63, 3.8) is 0 Å². The molecule has 0 bridgehead atoms. The summed E-state index contributed by atoms with van der Waals surface area (Å²) in [4.78, 5) is 12.2. The second kappa shape index (κ2) is 7.93. The third kappa shape index (κ3) is 4.35. The Labute approximate surface area is 152 Å². The Morgan fingerprint density at radius 2 is 2.24 bits per heavy atom. The standard InChI is InChI=1S/C18H24N4O2S/c1-12-6-3-4-9-16(12)24-11-17(23)19-14-7-5-8-15(10-14)22-13(2)20-21-18(22)25/h5,7-8,10,12,16H,3-4,6,9,11H2,1-2H3,(H,19,23)(H,21,25)/t12-,16+/m0/s1. The summed E-state index contributed by atoms with van der Waals surface area (Å²) in [5.74, 6) is 1.15. The summed E-state index contributed by atoms with van der Waals surface area (Å²) in [7, 11) is 0. The highest BCUT2D eigenvalue weighted by molar-refractivity contribution is 7.71. The molecule has 2 N–H and O–H groups in total. The largest absolute Gasteiger partial charge is 0.368 e. The van der Waals surface area contributed by atoms with E-state index < -0.39 is 0 Å². The number of H-pyrrole nitrogens is 1. The lowest BCUT2D eigenvalue weighted by Gasteiger charge is -2.28. The van der Waals surface area contributed by atoms with Crippen molar-refractivity contribution in [2.75, 3.05) is 11.9 Å². The van der Waals surface area contributed by atoms with Crippen LogP contribution in [0.4, 0.5) is 5.69 Å². The molecule has 0 aliphatic heterocycles. The molecule has 2 aromatic rings. The molecule has 1 aliphatic carbocycles. The number of benzene rings is 1. The summed E-state index contributed by atoms with van der Waals surface area (Å²) in [5, 5.41) is 9.77. The fraction of sp³-hybridized carbons (Fsp3) is 0.500. The first kappa shape index (κ1) is 17.8. The number of ether oxygens (including phenoxy) is 1. The van der Waals surface area contributed by atoms with Crippen LogP contribution in [0.3, 0.4) is 0 Å². The Bertz CT molecular complexity index is 798. The van der Waals surface area contributed by atoms with Crippen LogP contribution in [0.25, 0.3) is 5.69 Å². The third-order valence-corrected chi connectivity index (χ3v) is 4.96. The second-order valence-corrected chi connectivity index (χ2v) is 7.01. The van der Waals surface area contributed by atoms with Gasteiger partial charge in [-0.05, 0) is 56.1 Å². The van der Waals surface area contributed by atoms with Gasteiger partial charge in [-0.25, -0.2) is 0 Å². The van der Waals surface area contributed by atoms with Gasteiger partial charge < -0.3 is 10.1 Å². The van der Waals surface area contributed by atoms with Gasteiger partial charge in [-0.1, -0.05) is 25.8 Å². The van der Waals surface area contributed by atoms with Gasteiger partial charge in [-0.3, -0.25) is 14.5 Å². The summed E-state index contributed by atoms with van der Waals surface area (Å²) in [6, 6.07) is 7.53. The molecule has 0 unspecified atom stereocenters. The first-order valence-corrected chi connectivity index (χ1v) is 9.11. The number of aromatic amines is 1. The number of rotatable bonds is 5. The number of nitrogens with zero attached hydrogens (tertiary/aromatic N) is 2. The van der Waals surface area contributed by atoms with E-state index in [2.05, 4.69) is 22.4 Å². The van der Waals surface area contributed by atoms with Crippen LogP contribution in [-0.4, -0.2) is 33.4 Å². The molecule has 1 fully saturated rings. The summed E-state index contributed by atoms with van der Waals surface area (Å²) in [6.07, 6.45) is 4.86. The van der Waals surface area contributed by atoms with E-state index in [0.717, 1.165) is 17.9 Å². The topological polar surface area (TPSA) is 71.9 Å². The molecule has 6 nitrogen and oxygen atoms in total. The van der Waals surface area contributed by atoms with Crippen molar-refractivity contribution in [3.8, 4) is 5.69 Å². The SMILES string of the molecule is Cc1n[nH]c(=S)n1-c1cccc(NC(=O)CO[C@@H]2CCCC[C@@H]2C)c1. The monoisotopic (exact) mass is 360 g/mol.